The van der Waals surface area contributed by atoms with Crippen LogP contribution in [0, 0.1) is 5.92 Å². The van der Waals surface area contributed by atoms with Crippen molar-refractivity contribution in [1.82, 2.24) is 14.7 Å². The second-order valence-electron chi connectivity index (χ2n) is 6.12. The molecule has 10 heteroatoms. The van der Waals surface area contributed by atoms with Crippen molar-refractivity contribution in [2.75, 3.05) is 31.7 Å². The lowest BCUT2D eigenvalue weighted by atomic mass is 9.92. The first-order chi connectivity index (χ1) is 11.7. The Morgan fingerprint density at radius 1 is 1.40 bits per heavy atom. The van der Waals surface area contributed by atoms with Gasteiger partial charge < -0.3 is 4.74 Å². The largest absolute Gasteiger partial charge is 0.466 e. The highest BCUT2D eigenvalue weighted by atomic mass is 32.2. The summed E-state index contributed by atoms with van der Waals surface area (Å²) in [4.78, 5) is 14.8. The molecule has 2 unspecified atom stereocenters. The number of alkyl halides is 3. The second kappa shape index (κ2) is 6.70. The summed E-state index contributed by atoms with van der Waals surface area (Å²) in [5.41, 5.74) is -0.509. The molecule has 1 spiro atoms. The van der Waals surface area contributed by atoms with Gasteiger partial charge in [-0.1, -0.05) is 0 Å². The van der Waals surface area contributed by atoms with Gasteiger partial charge in [-0.2, -0.15) is 18.3 Å². The number of esters is 1. The van der Waals surface area contributed by atoms with Crippen molar-refractivity contribution in [1.29, 1.82) is 0 Å². The molecule has 3 rings (SSSR count). The number of likely N-dealkylation sites (tertiary alicyclic amines) is 1. The van der Waals surface area contributed by atoms with E-state index in [1.807, 2.05) is 7.05 Å². The summed E-state index contributed by atoms with van der Waals surface area (Å²) >= 11 is 3.34. The standard InChI is InChI=1S/C15H20F3N3O2S2/c1-4-23-13(22)12-9(8-20(2)15(12)24-5-6-25-15)10-7-11(14(16,17)18)21(3)19-10/h7,9,12H,4-6,8H2,1-3H3. The zero-order valence-corrected chi connectivity index (χ0v) is 15.8. The number of rotatable bonds is 3. The molecule has 2 saturated heterocycles. The normalized spacial score (nSPS) is 26.5. The topological polar surface area (TPSA) is 47.4 Å². The summed E-state index contributed by atoms with van der Waals surface area (Å²) in [7, 11) is 3.18. The maximum Gasteiger partial charge on any atom is 0.433 e. The molecular formula is C15H20F3N3O2S2. The van der Waals surface area contributed by atoms with Crippen molar-refractivity contribution in [3.05, 3.63) is 17.5 Å². The van der Waals surface area contributed by atoms with Crippen LogP contribution in [0.15, 0.2) is 6.07 Å². The number of carbonyl (C=O) groups is 1. The third-order valence-corrected chi connectivity index (χ3v) is 8.35. The van der Waals surface area contributed by atoms with Crippen molar-refractivity contribution in [3.8, 4) is 0 Å². The van der Waals surface area contributed by atoms with Gasteiger partial charge >= 0.3 is 12.1 Å². The Hall–Kier alpha value is -0.870. The Labute approximate surface area is 152 Å². The summed E-state index contributed by atoms with van der Waals surface area (Å²) in [5, 5.41) is 4.08. The van der Waals surface area contributed by atoms with Crippen LogP contribution in [-0.4, -0.2) is 56.6 Å². The number of carbonyl (C=O) groups excluding carboxylic acids is 1. The maximum atomic E-state index is 13.1. The van der Waals surface area contributed by atoms with Gasteiger partial charge in [0.25, 0.3) is 0 Å². The van der Waals surface area contributed by atoms with Crippen LogP contribution in [0.3, 0.4) is 0 Å². The van der Waals surface area contributed by atoms with Crippen LogP contribution < -0.4 is 0 Å². The molecule has 2 atom stereocenters. The minimum atomic E-state index is -4.47. The van der Waals surface area contributed by atoms with E-state index < -0.39 is 27.9 Å². The smallest absolute Gasteiger partial charge is 0.433 e. The van der Waals surface area contributed by atoms with Gasteiger partial charge in [0.1, 0.15) is 15.8 Å². The number of likely N-dealkylation sites (N-methyl/N-ethyl adjacent to an activating group) is 1. The summed E-state index contributed by atoms with van der Waals surface area (Å²) in [6.45, 7) is 2.45. The quantitative estimate of drug-likeness (QED) is 0.734. The fraction of sp³-hybridized carbons (Fsp3) is 0.733. The Bertz CT molecular complexity index is 659. The Kier molecular flexibility index (Phi) is 5.06. The first-order valence-corrected chi connectivity index (χ1v) is 9.94. The number of ether oxygens (including phenoxy) is 1. The molecule has 0 N–H and O–H groups in total. The lowest BCUT2D eigenvalue weighted by Crippen LogP contribution is -2.42. The zero-order valence-electron chi connectivity index (χ0n) is 14.2. The monoisotopic (exact) mass is 395 g/mol. The van der Waals surface area contributed by atoms with Gasteiger partial charge in [0, 0.05) is 31.0 Å². The van der Waals surface area contributed by atoms with Gasteiger partial charge in [0.2, 0.25) is 0 Å². The van der Waals surface area contributed by atoms with Crippen LogP contribution >= 0.6 is 23.5 Å². The molecule has 0 aromatic carbocycles. The lowest BCUT2D eigenvalue weighted by molar-refractivity contribution is -0.148. The Morgan fingerprint density at radius 3 is 2.56 bits per heavy atom. The number of aryl methyl sites for hydroxylation is 1. The van der Waals surface area contributed by atoms with Crippen LogP contribution in [0.5, 0.6) is 0 Å². The molecule has 2 fully saturated rings. The average Bonchev–Trinajstić information content (AvgIpc) is 3.19. The maximum absolute atomic E-state index is 13.1. The highest BCUT2D eigenvalue weighted by Gasteiger charge is 2.60. The first-order valence-electron chi connectivity index (χ1n) is 7.97. The fourth-order valence-electron chi connectivity index (χ4n) is 3.58. The molecule has 5 nitrogen and oxygen atoms in total. The number of nitrogens with zero attached hydrogens (tertiary/aromatic N) is 3. The van der Waals surface area contributed by atoms with Crippen LogP contribution in [0.2, 0.25) is 0 Å². The van der Waals surface area contributed by atoms with Crippen molar-refractivity contribution < 1.29 is 22.7 Å². The van der Waals surface area contributed by atoms with Crippen molar-refractivity contribution in [3.63, 3.8) is 0 Å². The molecular weight excluding hydrogens is 375 g/mol. The minimum Gasteiger partial charge on any atom is -0.466 e. The van der Waals surface area contributed by atoms with E-state index >= 15 is 0 Å². The lowest BCUT2D eigenvalue weighted by Gasteiger charge is -2.34. The molecule has 0 saturated carbocycles. The zero-order chi connectivity index (χ0) is 18.4. The van der Waals surface area contributed by atoms with Crippen molar-refractivity contribution in [2.45, 2.75) is 23.2 Å². The third kappa shape index (κ3) is 3.16. The summed E-state index contributed by atoms with van der Waals surface area (Å²) < 4.78 is 45.0. The summed E-state index contributed by atoms with van der Waals surface area (Å²) in [6, 6.07) is 1.06. The third-order valence-electron chi connectivity index (χ3n) is 4.61. The molecule has 0 aliphatic carbocycles. The van der Waals surface area contributed by atoms with Crippen LogP contribution in [0.4, 0.5) is 13.2 Å². The predicted molar refractivity (Wildman–Crippen MR) is 91.4 cm³/mol. The molecule has 3 heterocycles. The number of hydrogen-bond donors (Lipinski definition) is 0. The van der Waals surface area contributed by atoms with E-state index in [2.05, 4.69) is 10.00 Å². The van der Waals surface area contributed by atoms with Gasteiger partial charge in [0.05, 0.1) is 12.3 Å². The van der Waals surface area contributed by atoms with Gasteiger partial charge in [-0.15, -0.1) is 23.5 Å². The average molecular weight is 395 g/mol. The van der Waals surface area contributed by atoms with Gasteiger partial charge in [-0.3, -0.25) is 14.4 Å². The van der Waals surface area contributed by atoms with Gasteiger partial charge in [-0.25, -0.2) is 0 Å². The van der Waals surface area contributed by atoms with Crippen LogP contribution in [0.25, 0.3) is 0 Å². The van der Waals surface area contributed by atoms with E-state index in [-0.39, 0.29) is 12.6 Å². The van der Waals surface area contributed by atoms with E-state index in [1.165, 1.54) is 7.05 Å². The molecule has 2 aliphatic heterocycles. The molecule has 0 amide bonds. The minimum absolute atomic E-state index is 0.243. The number of hydrogen-bond acceptors (Lipinski definition) is 6. The molecule has 140 valence electrons. The van der Waals surface area contributed by atoms with Gasteiger partial charge in [0.15, 0.2) is 0 Å². The van der Waals surface area contributed by atoms with Crippen LogP contribution in [0.1, 0.15) is 24.2 Å². The predicted octanol–water partition coefficient (Wildman–Crippen LogP) is 2.78. The number of aromatic nitrogens is 2. The highest BCUT2D eigenvalue weighted by Crippen LogP contribution is 2.59. The van der Waals surface area contributed by atoms with Crippen molar-refractivity contribution in [2.24, 2.45) is 13.0 Å². The SMILES string of the molecule is CCOC(=O)C1C(c2cc(C(F)(F)F)n(C)n2)CN(C)C12SCCS2. The summed E-state index contributed by atoms with van der Waals surface area (Å²) in [5.74, 6) is 0.453. The Balaban J connectivity index is 2.01. The fourth-order valence-corrected chi connectivity index (χ4v) is 7.14. The molecule has 0 radical (unpaired) electrons. The molecule has 1 aromatic rings. The van der Waals surface area contributed by atoms with E-state index in [9.17, 15) is 18.0 Å². The molecule has 0 bridgehead atoms. The van der Waals surface area contributed by atoms with E-state index in [0.717, 1.165) is 22.3 Å². The first kappa shape index (κ1) is 18.9. The number of thioether (sulfide) groups is 2. The summed E-state index contributed by atoms with van der Waals surface area (Å²) in [6.07, 6.45) is -4.47. The van der Waals surface area contributed by atoms with Gasteiger partial charge in [-0.05, 0) is 20.0 Å². The Morgan fingerprint density at radius 2 is 2.04 bits per heavy atom. The number of halogens is 3. The van der Waals surface area contributed by atoms with Crippen molar-refractivity contribution >= 4 is 29.5 Å². The highest BCUT2D eigenvalue weighted by molar-refractivity contribution is 8.21. The van der Waals surface area contributed by atoms with E-state index in [1.54, 1.807) is 30.4 Å². The van der Waals surface area contributed by atoms with Crippen LogP contribution in [-0.2, 0) is 22.8 Å². The van der Waals surface area contributed by atoms with E-state index in [4.69, 9.17) is 4.74 Å². The second-order valence-corrected chi connectivity index (χ2v) is 9.02. The molecule has 1 aromatic heterocycles. The molecule has 25 heavy (non-hydrogen) atoms. The van der Waals surface area contributed by atoms with E-state index in [0.29, 0.717) is 12.2 Å². The molecule has 2 aliphatic rings.